The average Bonchev–Trinajstić information content (AvgIpc) is 2.38. The number of nitrogens with two attached hydrogens (primary N) is 1. The second kappa shape index (κ2) is 8.77. The largest absolute Gasteiger partial charge is 0.497 e. The van der Waals surface area contributed by atoms with Crippen LogP contribution in [0.3, 0.4) is 0 Å². The SMILES string of the molecule is COc1ccc(CCCN(C)C(=O)[C@H](C)N)cc1.Cl. The molecule has 0 radical (unpaired) electrons. The lowest BCUT2D eigenvalue weighted by Crippen LogP contribution is -2.40. The van der Waals surface area contributed by atoms with Gasteiger partial charge in [0.25, 0.3) is 0 Å². The van der Waals surface area contributed by atoms with Gasteiger partial charge in [-0.3, -0.25) is 4.79 Å². The number of carbonyl (C=O) groups excluding carboxylic acids is 1. The molecule has 0 fully saturated rings. The maximum atomic E-state index is 11.6. The minimum Gasteiger partial charge on any atom is -0.497 e. The number of hydrogen-bond donors (Lipinski definition) is 1. The lowest BCUT2D eigenvalue weighted by atomic mass is 10.1. The Morgan fingerprint density at radius 1 is 1.37 bits per heavy atom. The lowest BCUT2D eigenvalue weighted by molar-refractivity contribution is -0.130. The summed E-state index contributed by atoms with van der Waals surface area (Å²) in [5.41, 5.74) is 6.79. The molecule has 0 aliphatic carbocycles. The lowest BCUT2D eigenvalue weighted by Gasteiger charge is -2.19. The maximum absolute atomic E-state index is 11.6. The van der Waals surface area contributed by atoms with Crippen molar-refractivity contribution >= 4 is 18.3 Å². The van der Waals surface area contributed by atoms with E-state index in [0.29, 0.717) is 0 Å². The first kappa shape index (κ1) is 17.7. The fourth-order valence-corrected chi connectivity index (χ4v) is 1.77. The van der Waals surface area contributed by atoms with Crippen molar-refractivity contribution in [1.82, 2.24) is 4.90 Å². The van der Waals surface area contributed by atoms with Crippen LogP contribution in [0.4, 0.5) is 0 Å². The van der Waals surface area contributed by atoms with Gasteiger partial charge in [0, 0.05) is 13.6 Å². The number of ether oxygens (including phenoxy) is 1. The van der Waals surface area contributed by atoms with Crippen molar-refractivity contribution in [1.29, 1.82) is 0 Å². The zero-order valence-electron chi connectivity index (χ0n) is 11.8. The minimum atomic E-state index is -0.420. The Balaban J connectivity index is 0.00000324. The van der Waals surface area contributed by atoms with Crippen LogP contribution in [0.5, 0.6) is 5.75 Å². The van der Waals surface area contributed by atoms with E-state index in [0.717, 1.165) is 25.1 Å². The number of benzene rings is 1. The van der Waals surface area contributed by atoms with Gasteiger partial charge in [0.15, 0.2) is 0 Å². The number of nitrogens with zero attached hydrogens (tertiary/aromatic N) is 1. The van der Waals surface area contributed by atoms with Crippen molar-refractivity contribution in [3.05, 3.63) is 29.8 Å². The molecule has 5 heteroatoms. The third-order valence-electron chi connectivity index (χ3n) is 2.88. The number of methoxy groups -OCH3 is 1. The van der Waals surface area contributed by atoms with Crippen LogP contribution < -0.4 is 10.5 Å². The van der Waals surface area contributed by atoms with Gasteiger partial charge >= 0.3 is 0 Å². The summed E-state index contributed by atoms with van der Waals surface area (Å²) >= 11 is 0. The van der Waals surface area contributed by atoms with Crippen LogP contribution >= 0.6 is 12.4 Å². The van der Waals surface area contributed by atoms with Crippen molar-refractivity contribution in [3.8, 4) is 5.75 Å². The number of likely N-dealkylation sites (N-methyl/N-ethyl adjacent to an activating group) is 1. The van der Waals surface area contributed by atoms with Crippen molar-refractivity contribution in [2.45, 2.75) is 25.8 Å². The first-order valence-corrected chi connectivity index (χ1v) is 6.18. The highest BCUT2D eigenvalue weighted by molar-refractivity contribution is 5.85. The molecule has 19 heavy (non-hydrogen) atoms. The van der Waals surface area contributed by atoms with E-state index < -0.39 is 6.04 Å². The molecule has 0 unspecified atom stereocenters. The van der Waals surface area contributed by atoms with Gasteiger partial charge in [0.1, 0.15) is 5.75 Å². The predicted molar refractivity (Wildman–Crippen MR) is 79.8 cm³/mol. The molecule has 0 aromatic heterocycles. The van der Waals surface area contributed by atoms with E-state index in [9.17, 15) is 4.79 Å². The Hall–Kier alpha value is -1.26. The summed E-state index contributed by atoms with van der Waals surface area (Å²) in [7, 11) is 3.45. The molecule has 0 saturated heterocycles. The molecule has 0 heterocycles. The Morgan fingerprint density at radius 2 is 1.95 bits per heavy atom. The van der Waals surface area contributed by atoms with Crippen molar-refractivity contribution in [2.75, 3.05) is 20.7 Å². The number of rotatable bonds is 6. The monoisotopic (exact) mass is 286 g/mol. The van der Waals surface area contributed by atoms with E-state index >= 15 is 0 Å². The van der Waals surface area contributed by atoms with Gasteiger partial charge in [-0.1, -0.05) is 12.1 Å². The summed E-state index contributed by atoms with van der Waals surface area (Å²) in [6, 6.07) is 7.58. The zero-order chi connectivity index (χ0) is 13.5. The zero-order valence-corrected chi connectivity index (χ0v) is 12.6. The van der Waals surface area contributed by atoms with Crippen LogP contribution in [-0.2, 0) is 11.2 Å². The second-order valence-electron chi connectivity index (χ2n) is 4.50. The molecule has 2 N–H and O–H groups in total. The molecule has 0 bridgehead atoms. The first-order valence-electron chi connectivity index (χ1n) is 6.18. The molecule has 1 atom stereocenters. The third kappa shape index (κ3) is 5.94. The van der Waals surface area contributed by atoms with Crippen LogP contribution in [-0.4, -0.2) is 37.6 Å². The van der Waals surface area contributed by atoms with Gasteiger partial charge in [-0.2, -0.15) is 0 Å². The predicted octanol–water partition coefficient (Wildman–Crippen LogP) is 1.86. The Kier molecular flexibility index (Phi) is 8.19. The number of aryl methyl sites for hydroxylation is 1. The van der Waals surface area contributed by atoms with Gasteiger partial charge in [-0.05, 0) is 37.5 Å². The van der Waals surface area contributed by atoms with Crippen LogP contribution in [0.15, 0.2) is 24.3 Å². The van der Waals surface area contributed by atoms with Crippen molar-refractivity contribution in [2.24, 2.45) is 5.73 Å². The van der Waals surface area contributed by atoms with Crippen LogP contribution in [0, 0.1) is 0 Å². The molecule has 1 aromatic rings. The molecule has 108 valence electrons. The van der Waals surface area contributed by atoms with Gasteiger partial charge in [0.05, 0.1) is 13.2 Å². The molecule has 0 spiro atoms. The average molecular weight is 287 g/mol. The van der Waals surface area contributed by atoms with Crippen LogP contribution in [0.1, 0.15) is 18.9 Å². The molecule has 1 aromatic carbocycles. The minimum absolute atomic E-state index is 0. The number of carbonyl (C=O) groups is 1. The third-order valence-corrected chi connectivity index (χ3v) is 2.88. The molecule has 4 nitrogen and oxygen atoms in total. The molecular weight excluding hydrogens is 264 g/mol. The van der Waals surface area contributed by atoms with Crippen molar-refractivity contribution < 1.29 is 9.53 Å². The summed E-state index contributed by atoms with van der Waals surface area (Å²) in [6.07, 6.45) is 1.88. The van der Waals surface area contributed by atoms with Crippen LogP contribution in [0.2, 0.25) is 0 Å². The van der Waals surface area contributed by atoms with Crippen molar-refractivity contribution in [3.63, 3.8) is 0 Å². The molecule has 1 amide bonds. The van der Waals surface area contributed by atoms with E-state index in [2.05, 4.69) is 0 Å². The van der Waals surface area contributed by atoms with E-state index in [1.807, 2.05) is 24.3 Å². The standard InChI is InChI=1S/C14H22N2O2.ClH/c1-11(15)14(17)16(2)10-4-5-12-6-8-13(18-3)9-7-12;/h6-9,11H,4-5,10,15H2,1-3H3;1H/t11-;/m0./s1. The van der Waals surface area contributed by atoms with Gasteiger partial charge < -0.3 is 15.4 Å². The fourth-order valence-electron chi connectivity index (χ4n) is 1.77. The number of halogens is 1. The maximum Gasteiger partial charge on any atom is 0.238 e. The smallest absolute Gasteiger partial charge is 0.238 e. The number of amides is 1. The summed E-state index contributed by atoms with van der Waals surface area (Å²) < 4.78 is 5.10. The Labute approximate surface area is 121 Å². The highest BCUT2D eigenvalue weighted by Crippen LogP contribution is 2.12. The second-order valence-corrected chi connectivity index (χ2v) is 4.50. The summed E-state index contributed by atoms with van der Waals surface area (Å²) in [6.45, 7) is 2.44. The first-order chi connectivity index (χ1) is 8.54. The highest BCUT2D eigenvalue weighted by Gasteiger charge is 2.12. The van der Waals surface area contributed by atoms with Gasteiger partial charge in [0.2, 0.25) is 5.91 Å². The highest BCUT2D eigenvalue weighted by atomic mass is 35.5. The van der Waals surface area contributed by atoms with Gasteiger partial charge in [-0.15, -0.1) is 12.4 Å². The fraction of sp³-hybridized carbons (Fsp3) is 0.500. The summed E-state index contributed by atoms with van der Waals surface area (Å²) in [5.74, 6) is 0.854. The molecule has 0 aliphatic rings. The summed E-state index contributed by atoms with van der Waals surface area (Å²) in [5, 5.41) is 0. The quantitative estimate of drug-likeness (QED) is 0.868. The normalized spacial score (nSPS) is 11.4. The summed E-state index contributed by atoms with van der Waals surface area (Å²) in [4.78, 5) is 13.2. The molecular formula is C14H23ClN2O2. The Morgan fingerprint density at radius 3 is 2.42 bits per heavy atom. The molecule has 0 aliphatic heterocycles. The molecule has 1 rings (SSSR count). The van der Waals surface area contributed by atoms with E-state index in [1.54, 1.807) is 26.0 Å². The van der Waals surface area contributed by atoms with E-state index in [-0.39, 0.29) is 18.3 Å². The Bertz CT molecular complexity index is 380. The van der Waals surface area contributed by atoms with E-state index in [1.165, 1.54) is 5.56 Å². The number of hydrogen-bond acceptors (Lipinski definition) is 3. The van der Waals surface area contributed by atoms with E-state index in [4.69, 9.17) is 10.5 Å². The topological polar surface area (TPSA) is 55.6 Å². The van der Waals surface area contributed by atoms with Crippen LogP contribution in [0.25, 0.3) is 0 Å². The van der Waals surface area contributed by atoms with Gasteiger partial charge in [-0.25, -0.2) is 0 Å². The molecule has 0 saturated carbocycles.